The number of aromatic nitrogens is 2. The maximum atomic E-state index is 4.66. The summed E-state index contributed by atoms with van der Waals surface area (Å²) in [5.74, 6) is 0.966. The van der Waals surface area contributed by atoms with Gasteiger partial charge in [0.2, 0.25) is 5.95 Å². The molecule has 2 aromatic heterocycles. The minimum Gasteiger partial charge on any atom is -0.313 e. The summed E-state index contributed by atoms with van der Waals surface area (Å²) in [6, 6.07) is 12.3. The minimum absolute atomic E-state index is 0.966. The topological polar surface area (TPSA) is 21.1 Å². The normalized spacial score (nSPS) is 10.9. The number of rotatable bonds is 2. The molecular weight excluding hydrogens is 230 g/mol. The lowest BCUT2D eigenvalue weighted by Crippen LogP contribution is -2.12. The molecule has 0 aliphatic carbocycles. The maximum Gasteiger partial charge on any atom is 0.211 e. The van der Waals surface area contributed by atoms with Crippen molar-refractivity contribution in [1.82, 2.24) is 9.55 Å². The molecule has 0 unspecified atom stereocenters. The zero-order valence-corrected chi connectivity index (χ0v) is 10.6. The second-order valence-corrected chi connectivity index (χ2v) is 4.90. The fourth-order valence-electron chi connectivity index (χ4n) is 1.99. The zero-order chi connectivity index (χ0) is 11.8. The lowest BCUT2D eigenvalue weighted by atomic mass is 10.3. The molecule has 86 valence electrons. The summed E-state index contributed by atoms with van der Waals surface area (Å²) >= 11 is 1.72. The van der Waals surface area contributed by atoms with Gasteiger partial charge in [0.25, 0.3) is 0 Å². The molecule has 4 heteroatoms. The summed E-state index contributed by atoms with van der Waals surface area (Å²) in [7, 11) is 4.10. The van der Waals surface area contributed by atoms with Gasteiger partial charge in [-0.05, 0) is 29.6 Å². The van der Waals surface area contributed by atoms with E-state index in [1.54, 1.807) is 11.3 Å². The van der Waals surface area contributed by atoms with E-state index < -0.39 is 0 Å². The van der Waals surface area contributed by atoms with Crippen LogP contribution in [0.15, 0.2) is 41.8 Å². The van der Waals surface area contributed by atoms with Gasteiger partial charge in [0.1, 0.15) is 0 Å². The first-order valence-corrected chi connectivity index (χ1v) is 6.34. The monoisotopic (exact) mass is 243 g/mol. The Balaban J connectivity index is 2.15. The molecule has 2 heterocycles. The smallest absolute Gasteiger partial charge is 0.211 e. The summed E-state index contributed by atoms with van der Waals surface area (Å²) in [6.45, 7) is 0. The molecule has 0 radical (unpaired) electrons. The molecule has 3 nitrogen and oxygen atoms in total. The number of imidazole rings is 1. The largest absolute Gasteiger partial charge is 0.313 e. The molecule has 0 amide bonds. The molecule has 0 saturated carbocycles. The lowest BCUT2D eigenvalue weighted by molar-refractivity contribution is 0.914. The molecule has 1 aromatic carbocycles. The van der Waals surface area contributed by atoms with E-state index in [1.807, 2.05) is 25.2 Å². The van der Waals surface area contributed by atoms with Crippen molar-refractivity contribution in [2.45, 2.75) is 0 Å². The van der Waals surface area contributed by atoms with Crippen LogP contribution in [0.3, 0.4) is 0 Å². The van der Waals surface area contributed by atoms with Crippen LogP contribution in [-0.4, -0.2) is 16.6 Å². The van der Waals surface area contributed by atoms with Crippen molar-refractivity contribution in [1.29, 1.82) is 0 Å². The van der Waals surface area contributed by atoms with E-state index in [1.165, 1.54) is 5.00 Å². The van der Waals surface area contributed by atoms with Crippen LogP contribution in [0.25, 0.3) is 11.0 Å². The van der Waals surface area contributed by atoms with E-state index in [9.17, 15) is 0 Å². The summed E-state index contributed by atoms with van der Waals surface area (Å²) in [4.78, 5) is 6.78. The Bertz CT molecular complexity index is 640. The number of para-hydroxylation sites is 2. The van der Waals surface area contributed by atoms with Gasteiger partial charge in [0.15, 0.2) is 0 Å². The molecular formula is C13H13N3S. The molecule has 0 aliphatic rings. The molecule has 17 heavy (non-hydrogen) atoms. The van der Waals surface area contributed by atoms with E-state index in [0.717, 1.165) is 17.0 Å². The van der Waals surface area contributed by atoms with Gasteiger partial charge < -0.3 is 9.47 Å². The van der Waals surface area contributed by atoms with Crippen molar-refractivity contribution in [2.75, 3.05) is 11.9 Å². The average molecular weight is 243 g/mol. The van der Waals surface area contributed by atoms with E-state index in [4.69, 9.17) is 0 Å². The molecule has 0 atom stereocenters. The fraction of sp³-hybridized carbons (Fsp3) is 0.154. The molecule has 0 aliphatic heterocycles. The van der Waals surface area contributed by atoms with Gasteiger partial charge in [-0.3, -0.25) is 0 Å². The first-order valence-electron chi connectivity index (χ1n) is 5.46. The maximum absolute atomic E-state index is 4.66. The summed E-state index contributed by atoms with van der Waals surface area (Å²) in [5.41, 5.74) is 2.19. The van der Waals surface area contributed by atoms with Crippen LogP contribution in [0.4, 0.5) is 10.9 Å². The molecule has 3 rings (SSSR count). The summed E-state index contributed by atoms with van der Waals surface area (Å²) < 4.78 is 2.12. The summed E-state index contributed by atoms with van der Waals surface area (Å²) in [5, 5.41) is 3.28. The number of benzene rings is 1. The highest BCUT2D eigenvalue weighted by molar-refractivity contribution is 7.14. The number of nitrogens with zero attached hydrogens (tertiary/aromatic N) is 3. The molecule has 3 aromatic rings. The van der Waals surface area contributed by atoms with Crippen molar-refractivity contribution >= 4 is 33.3 Å². The average Bonchev–Trinajstić information content (AvgIpc) is 2.97. The standard InChI is InChI=1S/C13H13N3S/c1-15-11-7-4-3-6-10(11)14-13(15)16(2)12-8-5-9-17-12/h3-9H,1-2H3. The van der Waals surface area contributed by atoms with Gasteiger partial charge in [-0.25, -0.2) is 4.98 Å². The predicted molar refractivity (Wildman–Crippen MR) is 73.1 cm³/mol. The third-order valence-corrected chi connectivity index (χ3v) is 3.84. The number of fused-ring (bicyclic) bond motifs is 1. The van der Waals surface area contributed by atoms with Crippen molar-refractivity contribution in [3.05, 3.63) is 41.8 Å². The van der Waals surface area contributed by atoms with E-state index in [-0.39, 0.29) is 0 Å². The second kappa shape index (κ2) is 3.89. The van der Waals surface area contributed by atoms with Crippen LogP contribution in [0, 0.1) is 0 Å². The fourth-order valence-corrected chi connectivity index (χ4v) is 2.69. The van der Waals surface area contributed by atoms with Crippen molar-refractivity contribution < 1.29 is 0 Å². The molecule has 0 bridgehead atoms. The van der Waals surface area contributed by atoms with Crippen LogP contribution >= 0.6 is 11.3 Å². The second-order valence-electron chi connectivity index (χ2n) is 3.97. The van der Waals surface area contributed by atoms with Gasteiger partial charge in [-0.2, -0.15) is 0 Å². The Labute approximate surface area is 104 Å². The van der Waals surface area contributed by atoms with E-state index >= 15 is 0 Å². The number of thiophene rings is 1. The predicted octanol–water partition coefficient (Wildman–Crippen LogP) is 3.40. The van der Waals surface area contributed by atoms with E-state index in [0.29, 0.717) is 0 Å². The lowest BCUT2D eigenvalue weighted by Gasteiger charge is -2.15. The Morgan fingerprint density at radius 1 is 1.18 bits per heavy atom. The van der Waals surface area contributed by atoms with Crippen molar-refractivity contribution in [2.24, 2.45) is 7.05 Å². The van der Waals surface area contributed by atoms with E-state index in [2.05, 4.69) is 45.1 Å². The van der Waals surface area contributed by atoms with Crippen LogP contribution in [0.2, 0.25) is 0 Å². The Kier molecular flexibility index (Phi) is 2.37. The van der Waals surface area contributed by atoms with Crippen LogP contribution in [0.5, 0.6) is 0 Å². The van der Waals surface area contributed by atoms with Crippen LogP contribution in [-0.2, 0) is 7.05 Å². The number of hydrogen-bond acceptors (Lipinski definition) is 3. The van der Waals surface area contributed by atoms with Crippen molar-refractivity contribution in [3.8, 4) is 0 Å². The highest BCUT2D eigenvalue weighted by atomic mass is 32.1. The third kappa shape index (κ3) is 1.61. The first kappa shape index (κ1) is 10.4. The number of hydrogen-bond donors (Lipinski definition) is 0. The zero-order valence-electron chi connectivity index (χ0n) is 9.79. The Morgan fingerprint density at radius 3 is 2.71 bits per heavy atom. The van der Waals surface area contributed by atoms with Gasteiger partial charge in [0.05, 0.1) is 16.0 Å². The van der Waals surface area contributed by atoms with Crippen LogP contribution in [0.1, 0.15) is 0 Å². The molecule has 0 fully saturated rings. The third-order valence-electron chi connectivity index (χ3n) is 2.90. The minimum atomic E-state index is 0.966. The summed E-state index contributed by atoms with van der Waals surface area (Å²) in [6.07, 6.45) is 0. The van der Waals surface area contributed by atoms with Crippen molar-refractivity contribution in [3.63, 3.8) is 0 Å². The molecule has 0 spiro atoms. The highest BCUT2D eigenvalue weighted by Gasteiger charge is 2.13. The first-order chi connectivity index (χ1) is 8.27. The van der Waals surface area contributed by atoms with Gasteiger partial charge in [0, 0.05) is 14.1 Å². The highest BCUT2D eigenvalue weighted by Crippen LogP contribution is 2.29. The van der Waals surface area contributed by atoms with Gasteiger partial charge >= 0.3 is 0 Å². The van der Waals surface area contributed by atoms with Crippen LogP contribution < -0.4 is 4.90 Å². The van der Waals surface area contributed by atoms with Gasteiger partial charge in [-0.15, -0.1) is 11.3 Å². The molecule has 0 N–H and O–H groups in total. The van der Waals surface area contributed by atoms with Gasteiger partial charge in [-0.1, -0.05) is 12.1 Å². The number of anilines is 2. The Morgan fingerprint density at radius 2 is 2.00 bits per heavy atom. The number of aryl methyl sites for hydroxylation is 1. The SMILES string of the molecule is CN(c1cccs1)c1nc2ccccc2n1C. The molecule has 0 saturated heterocycles. The quantitative estimate of drug-likeness (QED) is 0.688. The Hall–Kier alpha value is -1.81.